The molecule has 0 spiro atoms. The summed E-state index contributed by atoms with van der Waals surface area (Å²) < 4.78 is 13.0. The van der Waals surface area contributed by atoms with Crippen molar-refractivity contribution in [3.05, 3.63) is 35.1 Å². The number of amides is 1. The summed E-state index contributed by atoms with van der Waals surface area (Å²) in [6, 6.07) is 5.09. The molecule has 0 aromatic heterocycles. The molecular weight excluding hydrogens is 219 g/mol. The van der Waals surface area contributed by atoms with E-state index in [0.29, 0.717) is 12.1 Å². The van der Waals surface area contributed by atoms with Crippen LogP contribution in [0.1, 0.15) is 25.0 Å². The van der Waals surface area contributed by atoms with Gasteiger partial charge in [-0.05, 0) is 38.0 Å². The molecule has 2 N–H and O–H groups in total. The van der Waals surface area contributed by atoms with Crippen LogP contribution in [0.25, 0.3) is 0 Å². The lowest BCUT2D eigenvalue weighted by atomic mass is 10.1. The molecule has 0 heterocycles. The second-order valence-electron chi connectivity index (χ2n) is 4.41. The number of benzene rings is 1. The first-order valence-corrected chi connectivity index (χ1v) is 5.74. The average molecular weight is 238 g/mol. The van der Waals surface area contributed by atoms with Gasteiger partial charge in [0, 0.05) is 12.6 Å². The van der Waals surface area contributed by atoms with Crippen molar-refractivity contribution in [2.75, 3.05) is 6.54 Å². The summed E-state index contributed by atoms with van der Waals surface area (Å²) in [6.07, 6.45) is 0. The van der Waals surface area contributed by atoms with E-state index >= 15 is 0 Å². The SMILES string of the molecule is Cc1cc(CNCC(=O)NC(C)C)ccc1F. The van der Waals surface area contributed by atoms with E-state index in [9.17, 15) is 9.18 Å². The number of halogens is 1. The van der Waals surface area contributed by atoms with Crippen molar-refractivity contribution < 1.29 is 9.18 Å². The molecule has 1 rings (SSSR count). The second kappa shape index (κ2) is 6.35. The van der Waals surface area contributed by atoms with Gasteiger partial charge in [0.25, 0.3) is 0 Å². The number of carbonyl (C=O) groups is 1. The summed E-state index contributed by atoms with van der Waals surface area (Å²) in [5.74, 6) is -0.231. The molecule has 0 atom stereocenters. The Bertz CT molecular complexity index is 391. The number of hydrogen-bond donors (Lipinski definition) is 2. The number of rotatable bonds is 5. The lowest BCUT2D eigenvalue weighted by molar-refractivity contribution is -0.120. The molecule has 0 fully saturated rings. The van der Waals surface area contributed by atoms with Crippen molar-refractivity contribution in [2.45, 2.75) is 33.4 Å². The summed E-state index contributed by atoms with van der Waals surface area (Å²) in [4.78, 5) is 11.3. The predicted molar refractivity (Wildman–Crippen MR) is 66.1 cm³/mol. The quantitative estimate of drug-likeness (QED) is 0.820. The molecule has 0 bridgehead atoms. The smallest absolute Gasteiger partial charge is 0.234 e. The maximum atomic E-state index is 13.0. The monoisotopic (exact) mass is 238 g/mol. The van der Waals surface area contributed by atoms with Crippen LogP contribution >= 0.6 is 0 Å². The number of hydrogen-bond acceptors (Lipinski definition) is 2. The van der Waals surface area contributed by atoms with Gasteiger partial charge in [-0.15, -0.1) is 0 Å². The molecule has 1 amide bonds. The Kier molecular flexibility index (Phi) is 5.10. The van der Waals surface area contributed by atoms with Crippen LogP contribution < -0.4 is 10.6 Å². The van der Waals surface area contributed by atoms with Gasteiger partial charge in [0.2, 0.25) is 5.91 Å². The molecule has 0 saturated carbocycles. The lowest BCUT2D eigenvalue weighted by Crippen LogP contribution is -2.37. The molecule has 0 aliphatic heterocycles. The number of nitrogens with one attached hydrogen (secondary N) is 2. The minimum Gasteiger partial charge on any atom is -0.353 e. The summed E-state index contributed by atoms with van der Waals surface area (Å²) in [6.45, 7) is 6.40. The number of carbonyl (C=O) groups excluding carboxylic acids is 1. The van der Waals surface area contributed by atoms with Gasteiger partial charge in [-0.25, -0.2) is 4.39 Å². The minimum absolute atomic E-state index is 0.0289. The Morgan fingerprint density at radius 3 is 2.71 bits per heavy atom. The fraction of sp³-hybridized carbons (Fsp3) is 0.462. The third-order valence-electron chi connectivity index (χ3n) is 2.29. The van der Waals surface area contributed by atoms with Crippen LogP contribution in [-0.4, -0.2) is 18.5 Å². The van der Waals surface area contributed by atoms with E-state index in [1.807, 2.05) is 13.8 Å². The normalized spacial score (nSPS) is 10.6. The van der Waals surface area contributed by atoms with E-state index in [4.69, 9.17) is 0 Å². The van der Waals surface area contributed by atoms with Gasteiger partial charge >= 0.3 is 0 Å². The first-order valence-electron chi connectivity index (χ1n) is 5.74. The van der Waals surface area contributed by atoms with Crippen LogP contribution in [0.15, 0.2) is 18.2 Å². The van der Waals surface area contributed by atoms with Gasteiger partial charge < -0.3 is 10.6 Å². The van der Waals surface area contributed by atoms with Crippen LogP contribution in [-0.2, 0) is 11.3 Å². The van der Waals surface area contributed by atoms with E-state index in [1.54, 1.807) is 19.1 Å². The molecule has 0 aliphatic rings. The predicted octanol–water partition coefficient (Wildman–Crippen LogP) is 1.75. The molecule has 0 unspecified atom stereocenters. The average Bonchev–Trinajstić information content (AvgIpc) is 2.22. The Morgan fingerprint density at radius 2 is 2.12 bits per heavy atom. The summed E-state index contributed by atoms with van der Waals surface area (Å²) in [5, 5.41) is 5.81. The van der Waals surface area contributed by atoms with Gasteiger partial charge in [-0.2, -0.15) is 0 Å². The molecule has 0 radical (unpaired) electrons. The van der Waals surface area contributed by atoms with E-state index in [1.165, 1.54) is 6.07 Å². The zero-order valence-electron chi connectivity index (χ0n) is 10.5. The molecule has 0 saturated heterocycles. The zero-order valence-corrected chi connectivity index (χ0v) is 10.5. The molecule has 1 aromatic carbocycles. The highest BCUT2D eigenvalue weighted by molar-refractivity contribution is 5.78. The molecule has 4 heteroatoms. The van der Waals surface area contributed by atoms with E-state index in [-0.39, 0.29) is 24.3 Å². The van der Waals surface area contributed by atoms with Crippen LogP contribution in [0.5, 0.6) is 0 Å². The lowest BCUT2D eigenvalue weighted by Gasteiger charge is -2.09. The second-order valence-corrected chi connectivity index (χ2v) is 4.41. The highest BCUT2D eigenvalue weighted by atomic mass is 19.1. The molecule has 0 aliphatic carbocycles. The Morgan fingerprint density at radius 1 is 1.41 bits per heavy atom. The van der Waals surface area contributed by atoms with Crippen molar-refractivity contribution in [3.8, 4) is 0 Å². The first kappa shape index (κ1) is 13.6. The van der Waals surface area contributed by atoms with E-state index in [0.717, 1.165) is 5.56 Å². The third-order valence-corrected chi connectivity index (χ3v) is 2.29. The third kappa shape index (κ3) is 4.95. The maximum Gasteiger partial charge on any atom is 0.234 e. The van der Waals surface area contributed by atoms with Crippen molar-refractivity contribution >= 4 is 5.91 Å². The van der Waals surface area contributed by atoms with E-state index in [2.05, 4.69) is 10.6 Å². The standard InChI is InChI=1S/C13H19FN2O/c1-9(2)16-13(17)8-15-7-11-4-5-12(14)10(3)6-11/h4-6,9,15H,7-8H2,1-3H3,(H,16,17). The van der Waals surface area contributed by atoms with Crippen LogP contribution in [0.2, 0.25) is 0 Å². The molecule has 17 heavy (non-hydrogen) atoms. The Labute approximate surface area is 101 Å². The summed E-state index contributed by atoms with van der Waals surface area (Å²) in [7, 11) is 0. The summed E-state index contributed by atoms with van der Waals surface area (Å²) >= 11 is 0. The fourth-order valence-electron chi connectivity index (χ4n) is 1.51. The molecular formula is C13H19FN2O. The first-order chi connectivity index (χ1) is 7.99. The van der Waals surface area contributed by atoms with Crippen molar-refractivity contribution in [2.24, 2.45) is 0 Å². The van der Waals surface area contributed by atoms with Gasteiger partial charge in [0.15, 0.2) is 0 Å². The Balaban J connectivity index is 2.36. The van der Waals surface area contributed by atoms with Crippen molar-refractivity contribution in [1.82, 2.24) is 10.6 Å². The number of aryl methyl sites for hydroxylation is 1. The highest BCUT2D eigenvalue weighted by Crippen LogP contribution is 2.08. The Hall–Kier alpha value is -1.42. The minimum atomic E-state index is -0.202. The fourth-order valence-corrected chi connectivity index (χ4v) is 1.51. The van der Waals surface area contributed by atoms with Crippen LogP contribution in [0, 0.1) is 12.7 Å². The van der Waals surface area contributed by atoms with Crippen LogP contribution in [0.4, 0.5) is 4.39 Å². The van der Waals surface area contributed by atoms with Crippen LogP contribution in [0.3, 0.4) is 0 Å². The van der Waals surface area contributed by atoms with Gasteiger partial charge in [0.05, 0.1) is 6.54 Å². The molecule has 3 nitrogen and oxygen atoms in total. The van der Waals surface area contributed by atoms with Crippen molar-refractivity contribution in [3.63, 3.8) is 0 Å². The zero-order chi connectivity index (χ0) is 12.8. The van der Waals surface area contributed by atoms with Gasteiger partial charge in [0.1, 0.15) is 5.82 Å². The topological polar surface area (TPSA) is 41.1 Å². The van der Waals surface area contributed by atoms with E-state index < -0.39 is 0 Å². The van der Waals surface area contributed by atoms with Crippen molar-refractivity contribution in [1.29, 1.82) is 0 Å². The van der Waals surface area contributed by atoms with Gasteiger partial charge in [-0.1, -0.05) is 12.1 Å². The highest BCUT2D eigenvalue weighted by Gasteiger charge is 2.03. The van der Waals surface area contributed by atoms with Gasteiger partial charge in [-0.3, -0.25) is 4.79 Å². The summed E-state index contributed by atoms with van der Waals surface area (Å²) in [5.41, 5.74) is 1.59. The molecule has 94 valence electrons. The maximum absolute atomic E-state index is 13.0. The molecule has 1 aromatic rings. The largest absolute Gasteiger partial charge is 0.353 e.